The molecule has 0 spiro atoms. The van der Waals surface area contributed by atoms with E-state index in [4.69, 9.17) is 16.3 Å². The van der Waals surface area contributed by atoms with Gasteiger partial charge in [0.15, 0.2) is 0 Å². The minimum Gasteiger partial charge on any atom is -0.457 e. The van der Waals surface area contributed by atoms with Crippen molar-refractivity contribution in [1.82, 2.24) is 4.98 Å². The number of halogens is 4. The molecule has 1 atom stereocenters. The Bertz CT molecular complexity index is 1070. The number of hydrogen-bond donors (Lipinski definition) is 1. The maximum atomic E-state index is 13.1. The molecule has 1 N–H and O–H groups in total. The highest BCUT2D eigenvalue weighted by Gasteiger charge is 2.33. The summed E-state index contributed by atoms with van der Waals surface area (Å²) in [6, 6.07) is 15.3. The number of nitrogens with zero attached hydrogens (tertiary/aromatic N) is 1. The van der Waals surface area contributed by atoms with Crippen molar-refractivity contribution < 1.29 is 27.8 Å². The summed E-state index contributed by atoms with van der Waals surface area (Å²) < 4.78 is 44.4. The Morgan fingerprint density at radius 3 is 2.52 bits per heavy atom. The molecule has 0 aliphatic carbocycles. The lowest BCUT2D eigenvalue weighted by molar-refractivity contribution is -0.141. The first-order valence-corrected chi connectivity index (χ1v) is 9.51. The van der Waals surface area contributed by atoms with Gasteiger partial charge in [-0.05, 0) is 35.4 Å². The molecule has 1 aromatic heterocycles. The van der Waals surface area contributed by atoms with Gasteiger partial charge in [0.05, 0.1) is 16.2 Å². The number of aliphatic hydroxyl groups is 1. The number of aromatic nitrogens is 1. The molecule has 0 aliphatic heterocycles. The first-order chi connectivity index (χ1) is 14.8. The number of pyridine rings is 1. The molecule has 8 heteroatoms. The average Bonchev–Trinajstić information content (AvgIpc) is 2.76. The lowest BCUT2D eigenvalue weighted by Gasteiger charge is -2.16. The van der Waals surface area contributed by atoms with Gasteiger partial charge in [-0.15, -0.1) is 0 Å². The zero-order chi connectivity index (χ0) is 22.4. The molecule has 0 amide bonds. The number of aliphatic hydroxyl groups excluding tert-OH is 1. The summed E-state index contributed by atoms with van der Waals surface area (Å²) in [5.41, 5.74) is 0.0260. The van der Waals surface area contributed by atoms with Crippen molar-refractivity contribution in [3.8, 4) is 0 Å². The van der Waals surface area contributed by atoms with Gasteiger partial charge in [-0.2, -0.15) is 13.2 Å². The number of hydrogen-bond acceptors (Lipinski definition) is 4. The molecule has 0 bridgehead atoms. The van der Waals surface area contributed by atoms with Gasteiger partial charge in [0.1, 0.15) is 12.7 Å². The van der Waals surface area contributed by atoms with E-state index in [0.29, 0.717) is 11.1 Å². The third kappa shape index (κ3) is 5.93. The van der Waals surface area contributed by atoms with E-state index in [1.54, 1.807) is 42.5 Å². The fourth-order valence-electron chi connectivity index (χ4n) is 2.81. The zero-order valence-electron chi connectivity index (χ0n) is 16.0. The van der Waals surface area contributed by atoms with Crippen LogP contribution in [0, 0.1) is 0 Å². The summed E-state index contributed by atoms with van der Waals surface area (Å²) in [5, 5.41) is 10.3. The van der Waals surface area contributed by atoms with Crippen molar-refractivity contribution in [2.75, 3.05) is 0 Å². The second kappa shape index (κ2) is 9.76. The van der Waals surface area contributed by atoms with E-state index < -0.39 is 35.4 Å². The molecule has 0 aliphatic rings. The van der Waals surface area contributed by atoms with Crippen molar-refractivity contribution in [3.05, 3.63) is 106 Å². The number of carbonyl (C=O) groups excluding carboxylic acids is 1. The Kier molecular flexibility index (Phi) is 7.09. The Labute approximate surface area is 181 Å². The number of carbonyl (C=O) groups is 1. The highest BCUT2D eigenvalue weighted by Crippen LogP contribution is 2.35. The fourth-order valence-corrected chi connectivity index (χ4v) is 3.03. The third-order valence-electron chi connectivity index (χ3n) is 4.36. The third-order valence-corrected chi connectivity index (χ3v) is 4.69. The Balaban J connectivity index is 1.85. The summed E-state index contributed by atoms with van der Waals surface area (Å²) in [6.45, 7) is -0.426. The van der Waals surface area contributed by atoms with E-state index in [1.807, 2.05) is 0 Å². The smallest absolute Gasteiger partial charge is 0.417 e. The van der Waals surface area contributed by atoms with E-state index in [2.05, 4.69) is 4.98 Å². The van der Waals surface area contributed by atoms with Crippen LogP contribution < -0.4 is 0 Å². The van der Waals surface area contributed by atoms with E-state index >= 15 is 0 Å². The average molecular weight is 448 g/mol. The lowest BCUT2D eigenvalue weighted by atomic mass is 10.0. The molecule has 1 unspecified atom stereocenters. The van der Waals surface area contributed by atoms with Crippen LogP contribution >= 0.6 is 11.6 Å². The van der Waals surface area contributed by atoms with Gasteiger partial charge in [-0.25, -0.2) is 4.79 Å². The molecular weight excluding hydrogens is 431 g/mol. The summed E-state index contributed by atoms with van der Waals surface area (Å²) in [4.78, 5) is 16.7. The number of ether oxygens (including phenoxy) is 1. The molecule has 3 aromatic rings. The molecule has 0 radical (unpaired) electrons. The van der Waals surface area contributed by atoms with Crippen LogP contribution in [-0.4, -0.2) is 16.1 Å². The van der Waals surface area contributed by atoms with E-state index in [-0.39, 0.29) is 11.1 Å². The summed E-state index contributed by atoms with van der Waals surface area (Å²) in [6.07, 6.45) is -1.58. The highest BCUT2D eigenvalue weighted by molar-refractivity contribution is 6.31. The lowest BCUT2D eigenvalue weighted by Crippen LogP contribution is -2.15. The van der Waals surface area contributed by atoms with E-state index in [9.17, 15) is 23.1 Å². The monoisotopic (exact) mass is 447 g/mol. The van der Waals surface area contributed by atoms with E-state index in [0.717, 1.165) is 12.1 Å². The van der Waals surface area contributed by atoms with Crippen molar-refractivity contribution in [1.29, 1.82) is 0 Å². The van der Waals surface area contributed by atoms with Crippen LogP contribution in [0.15, 0.2) is 78.6 Å². The van der Waals surface area contributed by atoms with Crippen molar-refractivity contribution >= 4 is 23.6 Å². The van der Waals surface area contributed by atoms with Crippen molar-refractivity contribution in [2.45, 2.75) is 18.9 Å². The second-order valence-corrected chi connectivity index (χ2v) is 6.99. The molecule has 0 saturated carbocycles. The molecule has 3 rings (SSSR count). The maximum Gasteiger partial charge on any atom is 0.417 e. The second-order valence-electron chi connectivity index (χ2n) is 6.59. The van der Waals surface area contributed by atoms with Crippen LogP contribution in [0.2, 0.25) is 5.02 Å². The molecule has 1 heterocycles. The molecule has 2 aromatic carbocycles. The predicted molar refractivity (Wildman–Crippen MR) is 110 cm³/mol. The minimum absolute atomic E-state index is 0.0794. The highest BCUT2D eigenvalue weighted by atomic mass is 35.5. The SMILES string of the molecule is O=C(OCc1ccc(Cl)c(C(F)(F)F)c1)/C(=C\c1ccccc1)C(O)c1cccnc1. The number of esters is 1. The molecule has 31 heavy (non-hydrogen) atoms. The number of rotatable bonds is 6. The number of benzene rings is 2. The topological polar surface area (TPSA) is 59.4 Å². The normalized spacial score (nSPS) is 13.0. The molecule has 0 fully saturated rings. The zero-order valence-corrected chi connectivity index (χ0v) is 16.8. The standard InChI is InChI=1S/C23H17ClF3NO3/c24-20-9-8-16(12-19(20)23(25,26)27)14-31-22(30)18(11-15-5-2-1-3-6-15)21(29)17-7-4-10-28-13-17/h1-13,21,29H,14H2/b18-11-. The van der Waals surface area contributed by atoms with Crippen LogP contribution in [0.1, 0.15) is 28.4 Å². The Hall–Kier alpha value is -3.16. The Morgan fingerprint density at radius 2 is 1.87 bits per heavy atom. The van der Waals surface area contributed by atoms with Crippen molar-refractivity contribution in [2.24, 2.45) is 0 Å². The van der Waals surface area contributed by atoms with Gasteiger partial charge in [-0.3, -0.25) is 4.98 Å². The first-order valence-electron chi connectivity index (χ1n) is 9.13. The van der Waals surface area contributed by atoms with Gasteiger partial charge in [0.25, 0.3) is 0 Å². The van der Waals surface area contributed by atoms with Gasteiger partial charge in [0.2, 0.25) is 0 Å². The largest absolute Gasteiger partial charge is 0.457 e. The van der Waals surface area contributed by atoms with Gasteiger partial charge in [0, 0.05) is 18.0 Å². The molecule has 4 nitrogen and oxygen atoms in total. The fraction of sp³-hybridized carbons (Fsp3) is 0.130. The summed E-state index contributed by atoms with van der Waals surface area (Å²) in [7, 11) is 0. The summed E-state index contributed by atoms with van der Waals surface area (Å²) >= 11 is 5.62. The van der Waals surface area contributed by atoms with Gasteiger partial charge < -0.3 is 9.84 Å². The summed E-state index contributed by atoms with van der Waals surface area (Å²) in [5.74, 6) is -0.872. The van der Waals surface area contributed by atoms with Crippen LogP contribution in [0.4, 0.5) is 13.2 Å². The van der Waals surface area contributed by atoms with E-state index in [1.165, 1.54) is 24.5 Å². The predicted octanol–water partition coefficient (Wildman–Crippen LogP) is 5.61. The van der Waals surface area contributed by atoms with Crippen molar-refractivity contribution in [3.63, 3.8) is 0 Å². The Morgan fingerprint density at radius 1 is 1.13 bits per heavy atom. The van der Waals surface area contributed by atoms with Crippen LogP contribution in [0.3, 0.4) is 0 Å². The molecular formula is C23H17ClF3NO3. The van der Waals surface area contributed by atoms with Crippen LogP contribution in [0.25, 0.3) is 6.08 Å². The van der Waals surface area contributed by atoms with Gasteiger partial charge >= 0.3 is 12.1 Å². The van der Waals surface area contributed by atoms with Gasteiger partial charge in [-0.1, -0.05) is 54.1 Å². The quantitative estimate of drug-likeness (QED) is 0.394. The maximum absolute atomic E-state index is 13.1. The molecule has 160 valence electrons. The molecule has 0 saturated heterocycles. The number of alkyl halides is 3. The van der Waals surface area contributed by atoms with Crippen LogP contribution in [0.5, 0.6) is 0 Å². The first kappa shape index (κ1) is 22.5. The minimum atomic E-state index is -4.63. The van der Waals surface area contributed by atoms with Crippen LogP contribution in [-0.2, 0) is 22.3 Å².